The average Bonchev–Trinajstić information content (AvgIpc) is 2.12. The molecule has 1 N–H and O–H groups in total. The molecule has 0 atom stereocenters. The number of benzene rings is 1. The Morgan fingerprint density at radius 3 is 2.73 bits per heavy atom. The highest BCUT2D eigenvalue weighted by atomic mass is 16.5. The van der Waals surface area contributed by atoms with E-state index >= 15 is 0 Å². The van der Waals surface area contributed by atoms with Crippen LogP contribution in [0.5, 0.6) is 5.75 Å². The highest BCUT2D eigenvalue weighted by molar-refractivity contribution is 5.35. The molecule has 1 aromatic rings. The molecular weight excluding hydrogens is 186 g/mol. The van der Waals surface area contributed by atoms with E-state index < -0.39 is 0 Å². The zero-order chi connectivity index (χ0) is 10.7. The van der Waals surface area contributed by atoms with Gasteiger partial charge in [-0.25, -0.2) is 0 Å². The molecule has 1 heterocycles. The summed E-state index contributed by atoms with van der Waals surface area (Å²) in [5, 5.41) is 3.27. The molecule has 1 aromatic carbocycles. The molecular formula is C13H19NO. The Labute approximate surface area is 91.6 Å². The second kappa shape index (κ2) is 4.67. The van der Waals surface area contributed by atoms with Gasteiger partial charge in [-0.1, -0.05) is 17.7 Å². The van der Waals surface area contributed by atoms with Crippen molar-refractivity contribution >= 4 is 0 Å². The molecule has 0 aromatic heterocycles. The van der Waals surface area contributed by atoms with Crippen molar-refractivity contribution in [1.29, 1.82) is 0 Å². The lowest BCUT2D eigenvalue weighted by molar-refractivity contribution is 0.237. The van der Waals surface area contributed by atoms with Gasteiger partial charge >= 0.3 is 0 Å². The summed E-state index contributed by atoms with van der Waals surface area (Å²) in [6.45, 7) is 7.38. The normalized spacial score (nSPS) is 16.1. The highest BCUT2D eigenvalue weighted by Crippen LogP contribution is 2.19. The Bertz CT molecular complexity index is 331. The molecule has 1 aliphatic rings. The van der Waals surface area contributed by atoms with Crippen LogP contribution in [0.2, 0.25) is 0 Å². The summed E-state index contributed by atoms with van der Waals surface area (Å²) < 4.78 is 5.77. The Balaban J connectivity index is 1.81. The first-order chi connectivity index (χ1) is 7.25. The monoisotopic (exact) mass is 205 g/mol. The van der Waals surface area contributed by atoms with Crippen LogP contribution in [0.1, 0.15) is 17.5 Å². The maximum absolute atomic E-state index is 5.77. The molecule has 0 amide bonds. The molecule has 0 saturated carbocycles. The van der Waals surface area contributed by atoms with E-state index in [1.807, 2.05) is 0 Å². The summed E-state index contributed by atoms with van der Waals surface area (Å²) in [4.78, 5) is 0. The van der Waals surface area contributed by atoms with Crippen LogP contribution in [0.4, 0.5) is 0 Å². The fourth-order valence-corrected chi connectivity index (χ4v) is 1.85. The zero-order valence-corrected chi connectivity index (χ0v) is 9.55. The smallest absolute Gasteiger partial charge is 0.122 e. The first-order valence-electron chi connectivity index (χ1n) is 5.66. The standard InChI is InChI=1S/C13H19NO/c1-10-3-4-13(11(2)7-10)15-6-5-12-8-14-9-12/h3-4,7,12,14H,5-6,8-9H2,1-2H3. The maximum Gasteiger partial charge on any atom is 0.122 e. The first-order valence-corrected chi connectivity index (χ1v) is 5.66. The highest BCUT2D eigenvalue weighted by Gasteiger charge is 2.16. The summed E-state index contributed by atoms with van der Waals surface area (Å²) in [5.74, 6) is 1.86. The van der Waals surface area contributed by atoms with Gasteiger partial charge < -0.3 is 10.1 Å². The van der Waals surface area contributed by atoms with Gasteiger partial charge in [0.25, 0.3) is 0 Å². The van der Waals surface area contributed by atoms with Crippen molar-refractivity contribution < 1.29 is 4.74 Å². The van der Waals surface area contributed by atoms with Gasteiger partial charge in [0.05, 0.1) is 6.61 Å². The number of hydrogen-bond donors (Lipinski definition) is 1. The quantitative estimate of drug-likeness (QED) is 0.814. The van der Waals surface area contributed by atoms with Crippen molar-refractivity contribution in [2.24, 2.45) is 5.92 Å². The number of rotatable bonds is 4. The Morgan fingerprint density at radius 2 is 2.13 bits per heavy atom. The molecule has 15 heavy (non-hydrogen) atoms. The number of aryl methyl sites for hydroxylation is 2. The lowest BCUT2D eigenvalue weighted by atomic mass is 10.0. The van der Waals surface area contributed by atoms with Gasteiger partial charge in [0, 0.05) is 0 Å². The molecule has 2 rings (SSSR count). The molecule has 0 bridgehead atoms. The Hall–Kier alpha value is -1.02. The van der Waals surface area contributed by atoms with Gasteiger partial charge in [0.15, 0.2) is 0 Å². The third kappa shape index (κ3) is 2.72. The molecule has 1 saturated heterocycles. The van der Waals surface area contributed by atoms with Crippen LogP contribution in [-0.4, -0.2) is 19.7 Å². The van der Waals surface area contributed by atoms with Crippen molar-refractivity contribution in [2.75, 3.05) is 19.7 Å². The summed E-state index contributed by atoms with van der Waals surface area (Å²) in [6.07, 6.45) is 1.17. The third-order valence-electron chi connectivity index (χ3n) is 2.98. The number of ether oxygens (including phenoxy) is 1. The molecule has 0 unspecified atom stereocenters. The largest absolute Gasteiger partial charge is 0.493 e. The van der Waals surface area contributed by atoms with Gasteiger partial charge in [-0.3, -0.25) is 0 Å². The molecule has 82 valence electrons. The van der Waals surface area contributed by atoms with E-state index in [1.165, 1.54) is 17.5 Å². The average molecular weight is 205 g/mol. The van der Waals surface area contributed by atoms with Crippen molar-refractivity contribution in [3.05, 3.63) is 29.3 Å². The van der Waals surface area contributed by atoms with E-state index in [4.69, 9.17) is 4.74 Å². The minimum absolute atomic E-state index is 0.829. The summed E-state index contributed by atoms with van der Waals surface area (Å²) in [6, 6.07) is 6.34. The molecule has 2 heteroatoms. The predicted molar refractivity (Wildman–Crippen MR) is 62.4 cm³/mol. The van der Waals surface area contributed by atoms with E-state index in [1.54, 1.807) is 0 Å². The molecule has 1 aliphatic heterocycles. The van der Waals surface area contributed by atoms with E-state index in [9.17, 15) is 0 Å². The fraction of sp³-hybridized carbons (Fsp3) is 0.538. The van der Waals surface area contributed by atoms with Crippen LogP contribution >= 0.6 is 0 Å². The van der Waals surface area contributed by atoms with Crippen LogP contribution in [0.3, 0.4) is 0 Å². The SMILES string of the molecule is Cc1ccc(OCCC2CNC2)c(C)c1. The maximum atomic E-state index is 5.77. The number of hydrogen-bond acceptors (Lipinski definition) is 2. The van der Waals surface area contributed by atoms with Crippen LogP contribution < -0.4 is 10.1 Å². The Kier molecular flexibility index (Phi) is 3.27. The van der Waals surface area contributed by atoms with E-state index in [0.29, 0.717) is 0 Å². The zero-order valence-electron chi connectivity index (χ0n) is 9.55. The van der Waals surface area contributed by atoms with Crippen molar-refractivity contribution in [3.63, 3.8) is 0 Å². The van der Waals surface area contributed by atoms with Gasteiger partial charge in [0.2, 0.25) is 0 Å². The molecule has 0 aliphatic carbocycles. The molecule has 0 radical (unpaired) electrons. The second-order valence-corrected chi connectivity index (χ2v) is 4.43. The van der Waals surface area contributed by atoms with E-state index in [0.717, 1.165) is 31.4 Å². The van der Waals surface area contributed by atoms with Gasteiger partial charge in [-0.15, -0.1) is 0 Å². The molecule has 1 fully saturated rings. The lowest BCUT2D eigenvalue weighted by Crippen LogP contribution is -2.42. The fourth-order valence-electron chi connectivity index (χ4n) is 1.85. The van der Waals surface area contributed by atoms with Crippen LogP contribution in [0.25, 0.3) is 0 Å². The van der Waals surface area contributed by atoms with Crippen LogP contribution in [-0.2, 0) is 0 Å². The van der Waals surface area contributed by atoms with Crippen molar-refractivity contribution in [3.8, 4) is 5.75 Å². The third-order valence-corrected chi connectivity index (χ3v) is 2.98. The summed E-state index contributed by atoms with van der Waals surface area (Å²) in [7, 11) is 0. The minimum atomic E-state index is 0.829. The van der Waals surface area contributed by atoms with Crippen LogP contribution in [0.15, 0.2) is 18.2 Å². The van der Waals surface area contributed by atoms with E-state index in [-0.39, 0.29) is 0 Å². The number of nitrogens with one attached hydrogen (secondary N) is 1. The second-order valence-electron chi connectivity index (χ2n) is 4.43. The van der Waals surface area contributed by atoms with Gasteiger partial charge in [-0.05, 0) is 50.9 Å². The van der Waals surface area contributed by atoms with Crippen LogP contribution in [0, 0.1) is 19.8 Å². The van der Waals surface area contributed by atoms with Crippen molar-refractivity contribution in [2.45, 2.75) is 20.3 Å². The predicted octanol–water partition coefficient (Wildman–Crippen LogP) is 2.29. The molecule has 0 spiro atoms. The minimum Gasteiger partial charge on any atom is -0.493 e. The topological polar surface area (TPSA) is 21.3 Å². The first kappa shape index (κ1) is 10.5. The summed E-state index contributed by atoms with van der Waals surface area (Å²) in [5.41, 5.74) is 2.53. The van der Waals surface area contributed by atoms with Crippen molar-refractivity contribution in [1.82, 2.24) is 5.32 Å². The summed E-state index contributed by atoms with van der Waals surface area (Å²) >= 11 is 0. The van der Waals surface area contributed by atoms with E-state index in [2.05, 4.69) is 37.4 Å². The lowest BCUT2D eigenvalue weighted by Gasteiger charge is -2.26. The van der Waals surface area contributed by atoms with Gasteiger partial charge in [-0.2, -0.15) is 0 Å². The van der Waals surface area contributed by atoms with Gasteiger partial charge in [0.1, 0.15) is 5.75 Å². The Morgan fingerprint density at radius 1 is 1.33 bits per heavy atom. The molecule has 2 nitrogen and oxygen atoms in total.